The molecule has 4 nitrogen and oxygen atoms in total. The van der Waals surface area contributed by atoms with E-state index in [9.17, 15) is 9.59 Å². The monoisotopic (exact) mass is 216 g/mol. The van der Waals surface area contributed by atoms with Crippen molar-refractivity contribution in [2.24, 2.45) is 0 Å². The van der Waals surface area contributed by atoms with Gasteiger partial charge in [0.05, 0.1) is 6.54 Å². The molecule has 0 aliphatic carbocycles. The molecule has 2 amide bonds. The van der Waals surface area contributed by atoms with Gasteiger partial charge in [0.15, 0.2) is 0 Å². The second-order valence-electron chi connectivity index (χ2n) is 3.39. The van der Waals surface area contributed by atoms with E-state index < -0.39 is 12.1 Å². The molecule has 1 saturated heterocycles. The molecule has 1 aliphatic rings. The number of nitrogens with one attached hydrogen (secondary N) is 1. The largest absolute Gasteiger partial charge is 0.343 e. The highest BCUT2D eigenvalue weighted by Gasteiger charge is 2.35. The van der Waals surface area contributed by atoms with Crippen LogP contribution in [-0.4, -0.2) is 35.3 Å². The Balaban J connectivity index is 2.82. The van der Waals surface area contributed by atoms with E-state index in [0.29, 0.717) is 5.03 Å². The third kappa shape index (κ3) is 2.07. The highest BCUT2D eigenvalue weighted by molar-refractivity contribution is 6.29. The fourth-order valence-electron chi connectivity index (χ4n) is 1.38. The summed E-state index contributed by atoms with van der Waals surface area (Å²) in [7, 11) is 0. The Hall–Kier alpha value is -1.03. The van der Waals surface area contributed by atoms with Crippen LogP contribution in [0.2, 0.25) is 0 Å². The van der Waals surface area contributed by atoms with Crippen LogP contribution in [-0.2, 0) is 9.59 Å². The van der Waals surface area contributed by atoms with E-state index in [1.807, 2.05) is 0 Å². The van der Waals surface area contributed by atoms with Crippen molar-refractivity contribution in [3.63, 3.8) is 0 Å². The lowest BCUT2D eigenvalue weighted by Crippen LogP contribution is -2.61. The minimum atomic E-state index is -0.478. The first-order chi connectivity index (χ1) is 6.43. The zero-order chi connectivity index (χ0) is 10.9. The van der Waals surface area contributed by atoms with Crippen LogP contribution in [0.25, 0.3) is 0 Å². The van der Waals surface area contributed by atoms with Gasteiger partial charge in [0.25, 0.3) is 0 Å². The highest BCUT2D eigenvalue weighted by atomic mass is 35.5. The number of carbonyl (C=O) groups is 2. The van der Waals surface area contributed by atoms with Crippen LogP contribution >= 0.6 is 11.6 Å². The van der Waals surface area contributed by atoms with E-state index in [1.54, 1.807) is 13.8 Å². The third-order valence-electron chi connectivity index (χ3n) is 2.20. The van der Waals surface area contributed by atoms with E-state index >= 15 is 0 Å². The molecule has 0 aromatic rings. The lowest BCUT2D eigenvalue weighted by Gasteiger charge is -2.35. The fraction of sp³-hybridized carbons (Fsp3) is 0.556. The third-order valence-corrected chi connectivity index (χ3v) is 2.32. The molecule has 0 spiro atoms. The fourth-order valence-corrected chi connectivity index (χ4v) is 1.51. The molecule has 1 fully saturated rings. The van der Waals surface area contributed by atoms with E-state index in [1.165, 1.54) is 4.90 Å². The molecule has 14 heavy (non-hydrogen) atoms. The molecular weight excluding hydrogens is 204 g/mol. The van der Waals surface area contributed by atoms with Crippen LogP contribution in [0.1, 0.15) is 13.8 Å². The first kappa shape index (κ1) is 11.0. The van der Waals surface area contributed by atoms with Gasteiger partial charge in [-0.1, -0.05) is 18.2 Å². The number of amides is 2. The molecule has 1 aliphatic heterocycles. The minimum Gasteiger partial charge on any atom is -0.343 e. The molecular formula is C9H13ClN2O2. The van der Waals surface area contributed by atoms with Gasteiger partial charge in [-0.25, -0.2) is 0 Å². The van der Waals surface area contributed by atoms with Crippen molar-refractivity contribution >= 4 is 23.4 Å². The second-order valence-corrected chi connectivity index (χ2v) is 3.92. The normalized spacial score (nSPS) is 27.5. The number of carbonyl (C=O) groups excluding carboxylic acids is 2. The zero-order valence-corrected chi connectivity index (χ0v) is 8.97. The Morgan fingerprint density at radius 3 is 2.64 bits per heavy atom. The molecule has 0 saturated carbocycles. The van der Waals surface area contributed by atoms with Crippen LogP contribution < -0.4 is 5.32 Å². The van der Waals surface area contributed by atoms with Crippen LogP contribution in [0.3, 0.4) is 0 Å². The number of rotatable bonds is 2. The molecule has 0 radical (unpaired) electrons. The van der Waals surface area contributed by atoms with Crippen molar-refractivity contribution < 1.29 is 9.59 Å². The number of piperazine rings is 1. The van der Waals surface area contributed by atoms with Gasteiger partial charge < -0.3 is 10.2 Å². The Labute approximate surface area is 87.9 Å². The van der Waals surface area contributed by atoms with Gasteiger partial charge in [0.1, 0.15) is 12.1 Å². The van der Waals surface area contributed by atoms with Crippen molar-refractivity contribution in [3.8, 4) is 0 Å². The molecule has 0 aromatic carbocycles. The Kier molecular flexibility index (Phi) is 3.16. The van der Waals surface area contributed by atoms with Gasteiger partial charge in [0.2, 0.25) is 11.8 Å². The Morgan fingerprint density at radius 1 is 1.57 bits per heavy atom. The summed E-state index contributed by atoms with van der Waals surface area (Å²) >= 11 is 5.62. The molecule has 78 valence electrons. The highest BCUT2D eigenvalue weighted by Crippen LogP contribution is 2.12. The maximum atomic E-state index is 11.6. The van der Waals surface area contributed by atoms with E-state index in [4.69, 9.17) is 11.6 Å². The first-order valence-electron chi connectivity index (χ1n) is 4.37. The second kappa shape index (κ2) is 4.00. The van der Waals surface area contributed by atoms with Crippen LogP contribution in [0.4, 0.5) is 0 Å². The minimum absolute atomic E-state index is 0.126. The maximum Gasteiger partial charge on any atom is 0.245 e. The standard InChI is InChI=1S/C9H13ClN2O2/c1-5(10)4-12-7(3)8(13)11-6(2)9(12)14/h6-7H,1,4H2,2-3H3,(H,11,13). The Morgan fingerprint density at radius 2 is 2.14 bits per heavy atom. The van der Waals surface area contributed by atoms with Crippen molar-refractivity contribution in [1.29, 1.82) is 0 Å². The quantitative estimate of drug-likeness (QED) is 0.730. The van der Waals surface area contributed by atoms with Gasteiger partial charge in [-0.3, -0.25) is 9.59 Å². The van der Waals surface area contributed by atoms with Crippen molar-refractivity contribution in [1.82, 2.24) is 10.2 Å². The van der Waals surface area contributed by atoms with Crippen LogP contribution in [0, 0.1) is 0 Å². The van der Waals surface area contributed by atoms with Crippen LogP contribution in [0.15, 0.2) is 11.6 Å². The number of halogens is 1. The molecule has 0 aromatic heterocycles. The molecule has 2 unspecified atom stereocenters. The number of hydrogen-bond acceptors (Lipinski definition) is 2. The summed E-state index contributed by atoms with van der Waals surface area (Å²) in [5.41, 5.74) is 0. The summed E-state index contributed by atoms with van der Waals surface area (Å²) in [5.74, 6) is -0.283. The summed E-state index contributed by atoms with van der Waals surface area (Å²) in [6.45, 7) is 7.04. The predicted octanol–water partition coefficient (Wildman–Crippen LogP) is 0.474. The lowest BCUT2D eigenvalue weighted by molar-refractivity contribution is -0.147. The van der Waals surface area contributed by atoms with E-state index in [-0.39, 0.29) is 18.4 Å². The molecule has 1 heterocycles. The average Bonchev–Trinajstić information content (AvgIpc) is 2.09. The van der Waals surface area contributed by atoms with Gasteiger partial charge in [-0.2, -0.15) is 0 Å². The topological polar surface area (TPSA) is 49.4 Å². The van der Waals surface area contributed by atoms with Crippen LogP contribution in [0.5, 0.6) is 0 Å². The summed E-state index contributed by atoms with van der Waals surface area (Å²) in [6, 6.07) is -0.955. The van der Waals surface area contributed by atoms with Crippen molar-refractivity contribution in [2.45, 2.75) is 25.9 Å². The maximum absolute atomic E-state index is 11.6. The summed E-state index contributed by atoms with van der Waals surface area (Å²) in [4.78, 5) is 24.4. The van der Waals surface area contributed by atoms with E-state index in [2.05, 4.69) is 11.9 Å². The van der Waals surface area contributed by atoms with Gasteiger partial charge >= 0.3 is 0 Å². The molecule has 5 heteroatoms. The SMILES string of the molecule is C=C(Cl)CN1C(=O)C(C)NC(=O)C1C. The lowest BCUT2D eigenvalue weighted by atomic mass is 10.1. The van der Waals surface area contributed by atoms with Gasteiger partial charge in [0, 0.05) is 5.03 Å². The smallest absolute Gasteiger partial charge is 0.245 e. The van der Waals surface area contributed by atoms with Gasteiger partial charge in [-0.15, -0.1) is 0 Å². The number of hydrogen-bond donors (Lipinski definition) is 1. The summed E-state index contributed by atoms with van der Waals surface area (Å²) in [5, 5.41) is 2.93. The molecule has 2 atom stereocenters. The van der Waals surface area contributed by atoms with Crippen molar-refractivity contribution in [2.75, 3.05) is 6.54 Å². The summed E-state index contributed by atoms with van der Waals surface area (Å²) < 4.78 is 0. The predicted molar refractivity (Wildman–Crippen MR) is 53.8 cm³/mol. The average molecular weight is 217 g/mol. The van der Waals surface area contributed by atoms with Gasteiger partial charge in [-0.05, 0) is 13.8 Å². The van der Waals surface area contributed by atoms with E-state index in [0.717, 1.165) is 0 Å². The molecule has 0 bridgehead atoms. The van der Waals surface area contributed by atoms with Crippen molar-refractivity contribution in [3.05, 3.63) is 11.6 Å². The Bertz CT molecular complexity index is 291. The molecule has 1 rings (SSSR count). The summed E-state index contributed by atoms with van der Waals surface area (Å²) in [6.07, 6.45) is 0. The zero-order valence-electron chi connectivity index (χ0n) is 8.21. The number of nitrogens with zero attached hydrogens (tertiary/aromatic N) is 1. The molecule has 1 N–H and O–H groups in total. The first-order valence-corrected chi connectivity index (χ1v) is 4.75.